The van der Waals surface area contributed by atoms with Crippen molar-refractivity contribution in [3.05, 3.63) is 71.5 Å². The molecule has 2 heteroatoms. The first-order valence-electron chi connectivity index (χ1n) is 10.1. The van der Waals surface area contributed by atoms with Crippen LogP contribution in [0.3, 0.4) is 0 Å². The Morgan fingerprint density at radius 3 is 2.33 bits per heavy atom. The first kappa shape index (κ1) is 18.2. The summed E-state index contributed by atoms with van der Waals surface area (Å²) in [5.41, 5.74) is 3.61. The minimum absolute atomic E-state index is 0.0357. The van der Waals surface area contributed by atoms with Crippen LogP contribution in [-0.2, 0) is 6.61 Å². The summed E-state index contributed by atoms with van der Waals surface area (Å²) in [7, 11) is 0. The van der Waals surface area contributed by atoms with Gasteiger partial charge in [0.25, 0.3) is 0 Å². The average molecular weight is 362 g/mol. The highest BCUT2D eigenvalue weighted by Crippen LogP contribution is 2.38. The van der Waals surface area contributed by atoms with E-state index in [0.717, 1.165) is 33.4 Å². The topological polar surface area (TPSA) is 20.2 Å². The molecule has 1 nitrogen and oxygen atoms in total. The molecule has 1 saturated carbocycles. The van der Waals surface area contributed by atoms with Crippen LogP contribution < -0.4 is 0 Å². The highest BCUT2D eigenvalue weighted by Gasteiger charge is 2.22. The van der Waals surface area contributed by atoms with Crippen LogP contribution in [0.25, 0.3) is 21.9 Å². The first-order valence-corrected chi connectivity index (χ1v) is 10.1. The van der Waals surface area contributed by atoms with E-state index in [2.05, 4.69) is 13.0 Å². The predicted octanol–water partition coefficient (Wildman–Crippen LogP) is 6.82. The van der Waals surface area contributed by atoms with Crippen LogP contribution in [0, 0.1) is 11.7 Å². The van der Waals surface area contributed by atoms with Crippen LogP contribution in [-0.4, -0.2) is 5.11 Å². The van der Waals surface area contributed by atoms with Gasteiger partial charge in [-0.1, -0.05) is 49.7 Å². The molecule has 3 aromatic carbocycles. The Hall–Kier alpha value is -2.19. The molecule has 0 aliphatic heterocycles. The summed E-state index contributed by atoms with van der Waals surface area (Å²) in [6.07, 6.45) is 6.17. The molecule has 0 amide bonds. The number of benzene rings is 3. The van der Waals surface area contributed by atoms with Crippen LogP contribution >= 0.6 is 0 Å². The maximum atomic E-state index is 14.9. The molecule has 0 bridgehead atoms. The van der Waals surface area contributed by atoms with Gasteiger partial charge in [-0.15, -0.1) is 0 Å². The molecular formula is C25H27FO. The molecule has 3 aromatic rings. The van der Waals surface area contributed by atoms with Gasteiger partial charge >= 0.3 is 0 Å². The molecule has 0 unspecified atom stereocenters. The molecule has 0 atom stereocenters. The second kappa shape index (κ2) is 7.82. The van der Waals surface area contributed by atoms with Crippen molar-refractivity contribution in [3.8, 4) is 11.1 Å². The number of fused-ring (bicyclic) bond motifs is 1. The Morgan fingerprint density at radius 1 is 0.889 bits per heavy atom. The summed E-state index contributed by atoms with van der Waals surface area (Å²) in [6, 6.07) is 17.7. The minimum atomic E-state index is -0.128. The van der Waals surface area contributed by atoms with E-state index in [9.17, 15) is 9.50 Å². The van der Waals surface area contributed by atoms with Gasteiger partial charge in [-0.25, -0.2) is 4.39 Å². The molecule has 0 radical (unpaired) electrons. The minimum Gasteiger partial charge on any atom is -0.392 e. The van der Waals surface area contributed by atoms with Gasteiger partial charge in [0.2, 0.25) is 0 Å². The molecule has 0 heterocycles. The zero-order valence-electron chi connectivity index (χ0n) is 15.9. The standard InChI is InChI=1S/C25H27FO/c1-2-17-3-6-19(7-4-17)22-11-12-24(25(26)15-22)23-10-9-20-13-18(16-27)5-8-21(20)14-23/h5,8-15,17,19,27H,2-4,6-7,16H2,1H3. The zero-order chi connectivity index (χ0) is 18.8. The first-order chi connectivity index (χ1) is 13.2. The van der Waals surface area contributed by atoms with Crippen LogP contribution in [0.1, 0.15) is 56.1 Å². The molecular weight excluding hydrogens is 335 g/mol. The fourth-order valence-corrected chi connectivity index (χ4v) is 4.48. The summed E-state index contributed by atoms with van der Waals surface area (Å²) in [5, 5.41) is 11.4. The van der Waals surface area contributed by atoms with Gasteiger partial charge < -0.3 is 5.11 Å². The maximum Gasteiger partial charge on any atom is 0.131 e. The van der Waals surface area contributed by atoms with Crippen LogP contribution in [0.4, 0.5) is 4.39 Å². The summed E-state index contributed by atoms with van der Waals surface area (Å²) in [4.78, 5) is 0. The highest BCUT2D eigenvalue weighted by atomic mass is 19.1. The Bertz CT molecular complexity index is 938. The lowest BCUT2D eigenvalue weighted by Gasteiger charge is -2.28. The van der Waals surface area contributed by atoms with E-state index in [4.69, 9.17) is 0 Å². The molecule has 1 aliphatic rings. The number of rotatable bonds is 4. The summed E-state index contributed by atoms with van der Waals surface area (Å²) >= 11 is 0. The molecule has 1 N–H and O–H groups in total. The Kier molecular flexibility index (Phi) is 5.27. The van der Waals surface area contributed by atoms with E-state index in [1.807, 2.05) is 42.5 Å². The van der Waals surface area contributed by atoms with Crippen molar-refractivity contribution in [2.45, 2.75) is 51.6 Å². The Morgan fingerprint density at radius 2 is 1.63 bits per heavy atom. The summed E-state index contributed by atoms with van der Waals surface area (Å²) < 4.78 is 14.9. The van der Waals surface area contributed by atoms with Crippen molar-refractivity contribution in [1.29, 1.82) is 0 Å². The average Bonchev–Trinajstić information content (AvgIpc) is 2.73. The highest BCUT2D eigenvalue weighted by molar-refractivity contribution is 5.88. The van der Waals surface area contributed by atoms with Crippen molar-refractivity contribution in [2.24, 2.45) is 5.92 Å². The number of hydrogen-bond acceptors (Lipinski definition) is 1. The summed E-state index contributed by atoms with van der Waals surface area (Å²) in [6.45, 7) is 2.31. The van der Waals surface area contributed by atoms with E-state index in [-0.39, 0.29) is 12.4 Å². The third-order valence-electron chi connectivity index (χ3n) is 6.29. The number of hydrogen-bond donors (Lipinski definition) is 1. The van der Waals surface area contributed by atoms with Crippen LogP contribution in [0.2, 0.25) is 0 Å². The van der Waals surface area contributed by atoms with Crippen molar-refractivity contribution < 1.29 is 9.50 Å². The van der Waals surface area contributed by atoms with Gasteiger partial charge in [0.1, 0.15) is 5.82 Å². The van der Waals surface area contributed by atoms with E-state index in [0.29, 0.717) is 11.5 Å². The lowest BCUT2D eigenvalue weighted by atomic mass is 9.77. The van der Waals surface area contributed by atoms with E-state index >= 15 is 0 Å². The van der Waals surface area contributed by atoms with Crippen molar-refractivity contribution in [1.82, 2.24) is 0 Å². The van der Waals surface area contributed by atoms with Crippen molar-refractivity contribution in [2.75, 3.05) is 0 Å². The second-order valence-electron chi connectivity index (χ2n) is 7.92. The van der Waals surface area contributed by atoms with Crippen molar-refractivity contribution >= 4 is 10.8 Å². The number of aliphatic hydroxyl groups is 1. The lowest BCUT2D eigenvalue weighted by molar-refractivity contribution is 0.282. The number of aliphatic hydroxyl groups excluding tert-OH is 1. The largest absolute Gasteiger partial charge is 0.392 e. The quantitative estimate of drug-likeness (QED) is 0.540. The molecule has 1 fully saturated rings. The molecule has 140 valence electrons. The normalized spacial score (nSPS) is 20.1. The van der Waals surface area contributed by atoms with Gasteiger partial charge in [0.15, 0.2) is 0 Å². The number of halogens is 1. The third-order valence-corrected chi connectivity index (χ3v) is 6.29. The monoisotopic (exact) mass is 362 g/mol. The SMILES string of the molecule is CCC1CCC(c2ccc(-c3ccc4cc(CO)ccc4c3)c(F)c2)CC1. The lowest BCUT2D eigenvalue weighted by Crippen LogP contribution is -2.12. The fourth-order valence-electron chi connectivity index (χ4n) is 4.48. The van der Waals surface area contributed by atoms with Gasteiger partial charge in [-0.05, 0) is 83.2 Å². The van der Waals surface area contributed by atoms with Gasteiger partial charge in [0.05, 0.1) is 6.61 Å². The van der Waals surface area contributed by atoms with Gasteiger partial charge in [0, 0.05) is 5.56 Å². The van der Waals surface area contributed by atoms with E-state index in [1.165, 1.54) is 32.1 Å². The maximum absolute atomic E-state index is 14.9. The Balaban J connectivity index is 1.60. The predicted molar refractivity (Wildman–Crippen MR) is 110 cm³/mol. The fraction of sp³-hybridized carbons (Fsp3) is 0.360. The third kappa shape index (κ3) is 3.77. The van der Waals surface area contributed by atoms with Gasteiger partial charge in [-0.2, -0.15) is 0 Å². The molecule has 27 heavy (non-hydrogen) atoms. The molecule has 1 aliphatic carbocycles. The van der Waals surface area contributed by atoms with Crippen LogP contribution in [0.5, 0.6) is 0 Å². The van der Waals surface area contributed by atoms with E-state index < -0.39 is 0 Å². The van der Waals surface area contributed by atoms with E-state index in [1.54, 1.807) is 6.07 Å². The second-order valence-corrected chi connectivity index (χ2v) is 7.92. The molecule has 0 aromatic heterocycles. The zero-order valence-corrected chi connectivity index (χ0v) is 15.9. The Labute approximate surface area is 160 Å². The molecule has 0 saturated heterocycles. The molecule has 4 rings (SSSR count). The van der Waals surface area contributed by atoms with Crippen LogP contribution in [0.15, 0.2) is 54.6 Å². The summed E-state index contributed by atoms with van der Waals surface area (Å²) in [5.74, 6) is 1.23. The smallest absolute Gasteiger partial charge is 0.131 e. The van der Waals surface area contributed by atoms with Crippen molar-refractivity contribution in [3.63, 3.8) is 0 Å². The van der Waals surface area contributed by atoms with Gasteiger partial charge in [-0.3, -0.25) is 0 Å². The molecule has 0 spiro atoms.